The summed E-state index contributed by atoms with van der Waals surface area (Å²) in [6.45, 7) is 7.34. The molecule has 0 fully saturated rings. The fourth-order valence-electron chi connectivity index (χ4n) is 3.22. The van der Waals surface area contributed by atoms with Gasteiger partial charge in [0, 0.05) is 0 Å². The van der Waals surface area contributed by atoms with Crippen LogP contribution in [-0.4, -0.2) is 23.8 Å². The Labute approximate surface area is 149 Å². The summed E-state index contributed by atoms with van der Waals surface area (Å²) in [4.78, 5) is 0. The Morgan fingerprint density at radius 3 is 1.96 bits per heavy atom. The Bertz CT molecular complexity index is 1040. The van der Waals surface area contributed by atoms with Gasteiger partial charge in [-0.2, -0.15) is 0 Å². The number of rotatable bonds is 4. The molecule has 0 aliphatic rings. The van der Waals surface area contributed by atoms with E-state index in [0.29, 0.717) is 0 Å². The quantitative estimate of drug-likeness (QED) is 0.444. The van der Waals surface area contributed by atoms with Gasteiger partial charge < -0.3 is 9.76 Å². The molecule has 0 saturated carbocycles. The predicted octanol–water partition coefficient (Wildman–Crippen LogP) is 4.39. The lowest BCUT2D eigenvalue weighted by molar-refractivity contribution is -0.0893. The monoisotopic (exact) mass is 329 g/mol. The molecule has 1 N–H and O–H groups in total. The van der Waals surface area contributed by atoms with Crippen molar-refractivity contribution in [2.75, 3.05) is 0 Å². The number of hydrogen-bond acceptors (Lipinski definition) is 2. The van der Waals surface area contributed by atoms with Crippen LogP contribution in [0.4, 0.5) is 0 Å². The molecule has 125 valence electrons. The Kier molecular flexibility index (Phi) is 3.57. The van der Waals surface area contributed by atoms with Crippen molar-refractivity contribution in [3.63, 3.8) is 0 Å². The normalized spacial score (nSPS) is 13.2. The van der Waals surface area contributed by atoms with E-state index in [1.807, 2.05) is 13.8 Å². The lowest BCUT2D eigenvalue weighted by Crippen LogP contribution is -2.49. The van der Waals surface area contributed by atoms with E-state index in [1.54, 1.807) is 21.3 Å². The van der Waals surface area contributed by atoms with Gasteiger partial charge in [-0.1, -0.05) is 54.6 Å². The summed E-state index contributed by atoms with van der Waals surface area (Å²) in [7, 11) is 1.78. The highest BCUT2D eigenvalue weighted by Gasteiger charge is 2.35. The second kappa shape index (κ2) is 5.45. The first-order chi connectivity index (χ1) is 11.8. The van der Waals surface area contributed by atoms with Gasteiger partial charge >= 0.3 is 7.48 Å². The van der Waals surface area contributed by atoms with Crippen LogP contribution in [0.15, 0.2) is 54.6 Å². The summed E-state index contributed by atoms with van der Waals surface area (Å²) in [6.07, 6.45) is 0. The van der Waals surface area contributed by atoms with Crippen LogP contribution in [0.3, 0.4) is 0 Å². The van der Waals surface area contributed by atoms with E-state index in [-0.39, 0.29) is 0 Å². The fraction of sp³-hybridized carbons (Fsp3) is 0.273. The first-order valence-corrected chi connectivity index (χ1v) is 8.68. The summed E-state index contributed by atoms with van der Waals surface area (Å²) < 4.78 is 6.00. The van der Waals surface area contributed by atoms with Gasteiger partial charge in [-0.05, 0) is 65.5 Å². The lowest BCUT2D eigenvalue weighted by Gasteiger charge is -2.37. The van der Waals surface area contributed by atoms with Crippen LogP contribution < -0.4 is 5.46 Å². The molecule has 4 aromatic carbocycles. The van der Waals surface area contributed by atoms with Crippen molar-refractivity contribution in [1.82, 2.24) is 0 Å². The Morgan fingerprint density at radius 1 is 0.760 bits per heavy atom. The van der Waals surface area contributed by atoms with Crippen LogP contribution in [-0.2, 0) is 4.65 Å². The van der Waals surface area contributed by atoms with Gasteiger partial charge in [-0.15, -0.1) is 0 Å². The number of benzene rings is 4. The van der Waals surface area contributed by atoms with Crippen molar-refractivity contribution in [2.45, 2.75) is 38.9 Å². The highest BCUT2D eigenvalue weighted by atomic mass is 16.5. The first kappa shape index (κ1) is 16.4. The van der Waals surface area contributed by atoms with E-state index in [9.17, 15) is 5.11 Å². The maximum Gasteiger partial charge on any atom is 0.331 e. The zero-order valence-corrected chi connectivity index (χ0v) is 15.1. The molecule has 0 unspecified atom stereocenters. The van der Waals surface area contributed by atoms with Crippen molar-refractivity contribution in [2.24, 2.45) is 0 Å². The molecule has 0 spiro atoms. The minimum Gasteiger partial charge on any atom is -0.427 e. The van der Waals surface area contributed by atoms with Crippen molar-refractivity contribution in [3.05, 3.63) is 54.6 Å². The molecular weight excluding hydrogens is 307 g/mol. The van der Waals surface area contributed by atoms with Gasteiger partial charge in [-0.3, -0.25) is 0 Å². The molecule has 0 saturated heterocycles. The number of hydrogen-bond donors (Lipinski definition) is 1. The Hall–Kier alpha value is -2.10. The summed E-state index contributed by atoms with van der Waals surface area (Å²) in [5.41, 5.74) is -0.590. The van der Waals surface area contributed by atoms with Gasteiger partial charge in [0.05, 0.1) is 11.2 Å². The van der Waals surface area contributed by atoms with Crippen LogP contribution in [0.1, 0.15) is 27.7 Å². The van der Waals surface area contributed by atoms with E-state index in [2.05, 4.69) is 54.6 Å². The largest absolute Gasteiger partial charge is 0.427 e. The van der Waals surface area contributed by atoms with Gasteiger partial charge in [0.2, 0.25) is 0 Å². The van der Waals surface area contributed by atoms with E-state index >= 15 is 0 Å². The van der Waals surface area contributed by atoms with Gasteiger partial charge in [0.15, 0.2) is 0 Å². The van der Waals surface area contributed by atoms with Gasteiger partial charge in [0.1, 0.15) is 0 Å². The molecule has 4 rings (SSSR count). The Balaban J connectivity index is 1.86. The van der Waals surface area contributed by atoms with Crippen LogP contribution in [0, 0.1) is 0 Å². The first-order valence-electron chi connectivity index (χ1n) is 8.68. The molecule has 4 aromatic rings. The third kappa shape index (κ3) is 2.59. The fourth-order valence-corrected chi connectivity index (χ4v) is 3.22. The SMILES string of the molecule is CC(C)(O)C(C)(C)O[B]c1ccc2ccc3cccc4ccc1c2c34. The summed E-state index contributed by atoms with van der Waals surface area (Å²) >= 11 is 0. The molecule has 0 amide bonds. The average molecular weight is 329 g/mol. The van der Waals surface area contributed by atoms with Crippen molar-refractivity contribution < 1.29 is 9.76 Å². The summed E-state index contributed by atoms with van der Waals surface area (Å²) in [5.74, 6) is 0. The third-order valence-corrected chi connectivity index (χ3v) is 5.52. The minimum atomic E-state index is -0.937. The zero-order chi connectivity index (χ0) is 17.8. The molecule has 0 atom stereocenters. The third-order valence-electron chi connectivity index (χ3n) is 5.52. The molecule has 2 nitrogen and oxygen atoms in total. The topological polar surface area (TPSA) is 29.5 Å². The highest BCUT2D eigenvalue weighted by molar-refractivity contribution is 6.52. The number of aliphatic hydroxyl groups is 1. The smallest absolute Gasteiger partial charge is 0.331 e. The highest BCUT2D eigenvalue weighted by Crippen LogP contribution is 2.33. The molecular formula is C22H22BO2. The second-order valence-electron chi connectivity index (χ2n) is 7.82. The van der Waals surface area contributed by atoms with Crippen LogP contribution in [0.2, 0.25) is 0 Å². The van der Waals surface area contributed by atoms with Crippen molar-refractivity contribution >= 4 is 45.3 Å². The summed E-state index contributed by atoms with van der Waals surface area (Å²) in [5, 5.41) is 17.8. The minimum absolute atomic E-state index is 0.684. The van der Waals surface area contributed by atoms with Crippen molar-refractivity contribution in [3.8, 4) is 0 Å². The lowest BCUT2D eigenvalue weighted by atomic mass is 9.78. The zero-order valence-electron chi connectivity index (χ0n) is 15.1. The van der Waals surface area contributed by atoms with Crippen LogP contribution in [0.25, 0.3) is 32.3 Å². The van der Waals surface area contributed by atoms with Gasteiger partial charge in [-0.25, -0.2) is 0 Å². The molecule has 0 heterocycles. The Morgan fingerprint density at radius 2 is 1.32 bits per heavy atom. The van der Waals surface area contributed by atoms with Crippen LogP contribution >= 0.6 is 0 Å². The average Bonchev–Trinajstić information content (AvgIpc) is 2.57. The molecule has 0 bridgehead atoms. The molecule has 0 aliphatic heterocycles. The van der Waals surface area contributed by atoms with E-state index in [4.69, 9.17) is 4.65 Å². The van der Waals surface area contributed by atoms with Crippen molar-refractivity contribution in [1.29, 1.82) is 0 Å². The molecule has 0 aromatic heterocycles. The standard InChI is InChI=1S/C22H22BO2/c1-21(2,24)22(3,4)25-23-18-13-11-16-9-8-14-6-5-7-15-10-12-17(18)20(16)19(14)15/h5-13,24H,1-4H3. The van der Waals surface area contributed by atoms with E-state index in [1.165, 1.54) is 32.3 Å². The maximum absolute atomic E-state index is 10.3. The maximum atomic E-state index is 10.3. The molecule has 25 heavy (non-hydrogen) atoms. The van der Waals surface area contributed by atoms with Crippen LogP contribution in [0.5, 0.6) is 0 Å². The van der Waals surface area contributed by atoms with Gasteiger partial charge in [0.25, 0.3) is 0 Å². The second-order valence-corrected chi connectivity index (χ2v) is 7.82. The van der Waals surface area contributed by atoms with E-state index < -0.39 is 11.2 Å². The molecule has 3 heteroatoms. The predicted molar refractivity (Wildman–Crippen MR) is 107 cm³/mol. The summed E-state index contributed by atoms with van der Waals surface area (Å²) in [6, 6.07) is 19.3. The molecule has 1 radical (unpaired) electrons. The molecule has 0 aliphatic carbocycles. The van der Waals surface area contributed by atoms with E-state index in [0.717, 1.165) is 5.46 Å².